The number of hydrogen-bond donors (Lipinski definition) is 1. The lowest BCUT2D eigenvalue weighted by Crippen LogP contribution is -2.49. The van der Waals surface area contributed by atoms with Gasteiger partial charge < -0.3 is 10.2 Å². The highest BCUT2D eigenvalue weighted by atomic mass is 16.2. The van der Waals surface area contributed by atoms with Crippen LogP contribution in [0.5, 0.6) is 0 Å². The van der Waals surface area contributed by atoms with Crippen LogP contribution in [0.3, 0.4) is 0 Å². The lowest BCUT2D eigenvalue weighted by atomic mass is 9.91. The number of nitrogens with one attached hydrogen (secondary N) is 1. The Morgan fingerprint density at radius 1 is 1.06 bits per heavy atom. The van der Waals surface area contributed by atoms with Gasteiger partial charge in [0.25, 0.3) is 0 Å². The molecule has 0 bridgehead atoms. The first kappa shape index (κ1) is 10.4. The molecule has 2 saturated heterocycles. The van der Waals surface area contributed by atoms with Crippen molar-refractivity contribution >= 4 is 5.91 Å². The number of carbonyl (C=O) groups is 1. The molecule has 1 amide bonds. The van der Waals surface area contributed by atoms with Crippen molar-refractivity contribution in [3.63, 3.8) is 0 Å². The topological polar surface area (TPSA) is 32.3 Å². The molecule has 0 spiro atoms. The molecule has 2 aliphatic heterocycles. The molecule has 4 aliphatic rings. The Hall–Kier alpha value is -0.570. The Morgan fingerprint density at radius 3 is 2.71 bits per heavy atom. The van der Waals surface area contributed by atoms with Crippen molar-refractivity contribution in [2.75, 3.05) is 19.6 Å². The molecule has 2 heterocycles. The van der Waals surface area contributed by atoms with Gasteiger partial charge in [-0.25, -0.2) is 0 Å². The van der Waals surface area contributed by atoms with E-state index in [1.807, 2.05) is 0 Å². The monoisotopic (exact) mass is 234 g/mol. The molecule has 2 saturated carbocycles. The summed E-state index contributed by atoms with van der Waals surface area (Å²) in [4.78, 5) is 14.9. The second-order valence-corrected chi connectivity index (χ2v) is 6.44. The second-order valence-electron chi connectivity index (χ2n) is 6.44. The Morgan fingerprint density at radius 2 is 1.88 bits per heavy atom. The van der Waals surface area contributed by atoms with Gasteiger partial charge >= 0.3 is 0 Å². The van der Waals surface area contributed by atoms with Gasteiger partial charge in [0.15, 0.2) is 0 Å². The van der Waals surface area contributed by atoms with E-state index in [2.05, 4.69) is 10.2 Å². The van der Waals surface area contributed by atoms with Crippen LogP contribution in [0.2, 0.25) is 0 Å². The summed E-state index contributed by atoms with van der Waals surface area (Å²) < 4.78 is 0. The lowest BCUT2D eigenvalue weighted by molar-refractivity contribution is -0.137. The van der Waals surface area contributed by atoms with E-state index in [-0.39, 0.29) is 0 Å². The Kier molecular flexibility index (Phi) is 2.26. The molecule has 4 rings (SSSR count). The van der Waals surface area contributed by atoms with Gasteiger partial charge in [-0.15, -0.1) is 0 Å². The van der Waals surface area contributed by atoms with Gasteiger partial charge in [0.05, 0.1) is 0 Å². The highest BCUT2D eigenvalue weighted by Crippen LogP contribution is 2.58. The Bertz CT molecular complexity index is 333. The van der Waals surface area contributed by atoms with Gasteiger partial charge in [0.1, 0.15) is 0 Å². The van der Waals surface area contributed by atoms with Crippen LogP contribution >= 0.6 is 0 Å². The van der Waals surface area contributed by atoms with E-state index in [4.69, 9.17) is 0 Å². The van der Waals surface area contributed by atoms with Crippen molar-refractivity contribution in [1.29, 1.82) is 0 Å². The minimum Gasteiger partial charge on any atom is -0.338 e. The third-order valence-electron chi connectivity index (χ3n) is 5.65. The highest BCUT2D eigenvalue weighted by molar-refractivity contribution is 5.83. The number of nitrogens with zero attached hydrogens (tertiary/aromatic N) is 1. The van der Waals surface area contributed by atoms with Crippen LogP contribution in [0, 0.1) is 23.7 Å². The maximum atomic E-state index is 12.6. The fraction of sp³-hybridized carbons (Fsp3) is 0.929. The van der Waals surface area contributed by atoms with Gasteiger partial charge in [-0.3, -0.25) is 4.79 Å². The van der Waals surface area contributed by atoms with Crippen LogP contribution in [0.15, 0.2) is 0 Å². The molecule has 0 aromatic heterocycles. The molecular weight excluding hydrogens is 212 g/mol. The summed E-state index contributed by atoms with van der Waals surface area (Å²) in [6, 6.07) is 0.526. The summed E-state index contributed by atoms with van der Waals surface area (Å²) >= 11 is 0. The van der Waals surface area contributed by atoms with E-state index in [1.54, 1.807) is 0 Å². The van der Waals surface area contributed by atoms with E-state index < -0.39 is 0 Å². The van der Waals surface area contributed by atoms with Crippen molar-refractivity contribution < 1.29 is 4.79 Å². The van der Waals surface area contributed by atoms with Crippen LogP contribution in [0.25, 0.3) is 0 Å². The molecule has 2 aliphatic carbocycles. The summed E-state index contributed by atoms with van der Waals surface area (Å²) in [6.07, 6.45) is 6.55. The first-order valence-corrected chi connectivity index (χ1v) is 7.37. The zero-order valence-corrected chi connectivity index (χ0v) is 10.4. The van der Waals surface area contributed by atoms with Gasteiger partial charge in [0, 0.05) is 31.6 Å². The minimum absolute atomic E-state index is 0.433. The summed E-state index contributed by atoms with van der Waals surface area (Å²) in [5, 5.41) is 3.46. The number of carbonyl (C=O) groups excluding carboxylic acids is 1. The van der Waals surface area contributed by atoms with E-state index in [0.717, 1.165) is 37.4 Å². The van der Waals surface area contributed by atoms with Crippen molar-refractivity contribution in [2.24, 2.45) is 23.7 Å². The minimum atomic E-state index is 0.433. The zero-order valence-electron chi connectivity index (χ0n) is 10.4. The summed E-state index contributed by atoms with van der Waals surface area (Å²) in [5.41, 5.74) is 0. The predicted octanol–water partition coefficient (Wildman–Crippen LogP) is 1.24. The number of hydrogen-bond acceptors (Lipinski definition) is 2. The average molecular weight is 234 g/mol. The van der Waals surface area contributed by atoms with Crippen LogP contribution in [0.4, 0.5) is 0 Å². The molecule has 17 heavy (non-hydrogen) atoms. The second kappa shape index (κ2) is 3.71. The number of amides is 1. The summed E-state index contributed by atoms with van der Waals surface area (Å²) in [5.74, 6) is 3.24. The molecular formula is C14H22N2O. The standard InChI is InChI=1S/C14H22N2O/c17-14(13-10-4-1-5-11(10)13)16-6-2-3-9-7-15-8-12(9)16/h9-13,15H,1-8H2. The lowest BCUT2D eigenvalue weighted by Gasteiger charge is -2.37. The summed E-state index contributed by atoms with van der Waals surface area (Å²) in [6.45, 7) is 3.20. The van der Waals surface area contributed by atoms with E-state index in [9.17, 15) is 4.79 Å². The van der Waals surface area contributed by atoms with Crippen molar-refractivity contribution in [2.45, 2.75) is 38.1 Å². The highest BCUT2D eigenvalue weighted by Gasteiger charge is 2.58. The number of rotatable bonds is 1. The van der Waals surface area contributed by atoms with Crippen molar-refractivity contribution in [3.05, 3.63) is 0 Å². The van der Waals surface area contributed by atoms with Gasteiger partial charge in [0.2, 0.25) is 5.91 Å². The van der Waals surface area contributed by atoms with Crippen LogP contribution in [-0.2, 0) is 4.79 Å². The molecule has 0 radical (unpaired) electrons. The first-order chi connectivity index (χ1) is 8.36. The SMILES string of the molecule is O=C(C1C2CCCC21)N1CCCC2CNCC21. The molecule has 4 unspecified atom stereocenters. The van der Waals surface area contributed by atoms with Crippen LogP contribution in [0.1, 0.15) is 32.1 Å². The normalized spacial score (nSPS) is 47.8. The largest absolute Gasteiger partial charge is 0.338 e. The number of fused-ring (bicyclic) bond motifs is 2. The molecule has 4 atom stereocenters. The average Bonchev–Trinajstić information content (AvgIpc) is 2.77. The molecule has 3 nitrogen and oxygen atoms in total. The van der Waals surface area contributed by atoms with Crippen molar-refractivity contribution in [1.82, 2.24) is 10.2 Å². The van der Waals surface area contributed by atoms with Gasteiger partial charge in [-0.1, -0.05) is 6.42 Å². The number of likely N-dealkylation sites (tertiary alicyclic amines) is 1. The zero-order chi connectivity index (χ0) is 11.4. The molecule has 94 valence electrons. The third kappa shape index (κ3) is 1.48. The number of piperidine rings is 1. The van der Waals surface area contributed by atoms with Crippen LogP contribution < -0.4 is 5.32 Å². The predicted molar refractivity (Wildman–Crippen MR) is 65.4 cm³/mol. The van der Waals surface area contributed by atoms with Crippen LogP contribution in [-0.4, -0.2) is 36.5 Å². The molecule has 0 aromatic rings. The molecule has 0 aromatic carbocycles. The van der Waals surface area contributed by atoms with Gasteiger partial charge in [-0.05, 0) is 43.4 Å². The van der Waals surface area contributed by atoms with Gasteiger partial charge in [-0.2, -0.15) is 0 Å². The Labute approximate surface area is 103 Å². The maximum Gasteiger partial charge on any atom is 0.226 e. The third-order valence-corrected chi connectivity index (χ3v) is 5.65. The molecule has 4 fully saturated rings. The maximum absolute atomic E-state index is 12.6. The molecule has 1 N–H and O–H groups in total. The van der Waals surface area contributed by atoms with E-state index >= 15 is 0 Å². The van der Waals surface area contributed by atoms with E-state index in [1.165, 1.54) is 32.1 Å². The smallest absolute Gasteiger partial charge is 0.226 e. The van der Waals surface area contributed by atoms with Crippen molar-refractivity contribution in [3.8, 4) is 0 Å². The fourth-order valence-corrected chi connectivity index (χ4v) is 4.72. The first-order valence-electron chi connectivity index (χ1n) is 7.37. The molecule has 3 heteroatoms. The summed E-state index contributed by atoms with van der Waals surface area (Å²) in [7, 11) is 0. The fourth-order valence-electron chi connectivity index (χ4n) is 4.72. The quantitative estimate of drug-likeness (QED) is 0.740. The van der Waals surface area contributed by atoms with E-state index in [0.29, 0.717) is 17.9 Å². The Balaban J connectivity index is 1.48.